The lowest BCUT2D eigenvalue weighted by atomic mass is 10.3. The zero-order valence-corrected chi connectivity index (χ0v) is 18.1. The third kappa shape index (κ3) is 5.24. The number of thioether (sulfide) groups is 2. The summed E-state index contributed by atoms with van der Waals surface area (Å²) in [6.45, 7) is 6.91. The molecule has 0 saturated carbocycles. The number of nitrogens with zero attached hydrogens (tertiary/aromatic N) is 4. The Morgan fingerprint density at radius 3 is 2.81 bits per heavy atom. The fourth-order valence-corrected chi connectivity index (χ4v) is 5.28. The highest BCUT2D eigenvalue weighted by Gasteiger charge is 2.15. The predicted octanol–water partition coefficient (Wildman–Crippen LogP) is 4.21. The highest BCUT2D eigenvalue weighted by molar-refractivity contribution is 8.00. The quantitative estimate of drug-likeness (QED) is 0.522. The molecule has 0 spiro atoms. The minimum atomic E-state index is 0.0328. The van der Waals surface area contributed by atoms with E-state index in [2.05, 4.69) is 45.0 Å². The van der Waals surface area contributed by atoms with E-state index in [4.69, 9.17) is 0 Å². The first-order valence-electron chi connectivity index (χ1n) is 8.93. The Bertz CT molecular complexity index is 874. The van der Waals surface area contributed by atoms with Crippen molar-refractivity contribution in [2.24, 2.45) is 0 Å². The van der Waals surface area contributed by atoms with Crippen molar-refractivity contribution in [1.82, 2.24) is 25.1 Å². The third-order valence-corrected chi connectivity index (χ3v) is 7.20. The molecule has 1 atom stereocenters. The van der Waals surface area contributed by atoms with E-state index >= 15 is 0 Å². The van der Waals surface area contributed by atoms with Crippen LogP contribution in [0.3, 0.4) is 0 Å². The van der Waals surface area contributed by atoms with E-state index in [0.717, 1.165) is 33.8 Å². The Labute approximate surface area is 171 Å². The van der Waals surface area contributed by atoms with Crippen LogP contribution in [0.1, 0.15) is 33.0 Å². The second-order valence-corrected chi connectivity index (χ2v) is 9.24. The van der Waals surface area contributed by atoms with E-state index < -0.39 is 0 Å². The largest absolute Gasteiger partial charge is 0.353 e. The van der Waals surface area contributed by atoms with Crippen molar-refractivity contribution in [3.8, 4) is 0 Å². The van der Waals surface area contributed by atoms with E-state index in [0.29, 0.717) is 11.5 Å². The van der Waals surface area contributed by atoms with Crippen molar-refractivity contribution >= 4 is 51.0 Å². The van der Waals surface area contributed by atoms with Crippen molar-refractivity contribution in [3.05, 3.63) is 30.1 Å². The van der Waals surface area contributed by atoms with Gasteiger partial charge in [0.25, 0.3) is 0 Å². The molecule has 6 nitrogen and oxygen atoms in total. The molecule has 9 heteroatoms. The first-order chi connectivity index (χ1) is 13.1. The van der Waals surface area contributed by atoms with E-state index in [-0.39, 0.29) is 11.9 Å². The number of hydrogen-bond acceptors (Lipinski definition) is 7. The SMILES string of the molecule is CC[C@H](C)NC(=O)CSc1nnc(CSc2nc3ccccc3s2)n1CC. The first kappa shape index (κ1) is 20.2. The number of nitrogens with one attached hydrogen (secondary N) is 1. The van der Waals surface area contributed by atoms with Gasteiger partial charge in [0.1, 0.15) is 5.82 Å². The number of hydrogen-bond donors (Lipinski definition) is 1. The minimum Gasteiger partial charge on any atom is -0.353 e. The molecule has 2 heterocycles. The average Bonchev–Trinajstić information content (AvgIpc) is 3.27. The molecule has 1 amide bonds. The summed E-state index contributed by atoms with van der Waals surface area (Å²) in [7, 11) is 0. The fraction of sp³-hybridized carbons (Fsp3) is 0.444. The highest BCUT2D eigenvalue weighted by atomic mass is 32.2. The van der Waals surface area contributed by atoms with E-state index in [1.54, 1.807) is 23.1 Å². The van der Waals surface area contributed by atoms with Gasteiger partial charge in [-0.2, -0.15) is 0 Å². The molecule has 3 aromatic rings. The molecule has 1 aromatic carbocycles. The van der Waals surface area contributed by atoms with Gasteiger partial charge in [-0.05, 0) is 32.4 Å². The zero-order chi connectivity index (χ0) is 19.2. The normalized spacial score (nSPS) is 12.4. The second-order valence-electron chi connectivity index (χ2n) is 6.04. The van der Waals surface area contributed by atoms with Crippen molar-refractivity contribution in [1.29, 1.82) is 0 Å². The van der Waals surface area contributed by atoms with Crippen molar-refractivity contribution in [2.45, 2.75) is 55.0 Å². The molecule has 0 unspecified atom stereocenters. The van der Waals surface area contributed by atoms with Gasteiger partial charge in [0.05, 0.1) is 21.7 Å². The molecule has 144 valence electrons. The van der Waals surface area contributed by atoms with Gasteiger partial charge in [-0.25, -0.2) is 4.98 Å². The monoisotopic (exact) mass is 421 g/mol. The van der Waals surface area contributed by atoms with Gasteiger partial charge in [0.2, 0.25) is 5.91 Å². The van der Waals surface area contributed by atoms with Gasteiger partial charge in [-0.15, -0.1) is 21.5 Å². The van der Waals surface area contributed by atoms with Crippen LogP contribution in [-0.4, -0.2) is 37.5 Å². The summed E-state index contributed by atoms with van der Waals surface area (Å²) in [6, 6.07) is 8.35. The van der Waals surface area contributed by atoms with Crippen LogP contribution in [0.15, 0.2) is 33.8 Å². The van der Waals surface area contributed by atoms with Crippen molar-refractivity contribution < 1.29 is 4.79 Å². The van der Waals surface area contributed by atoms with Crippen LogP contribution in [0.4, 0.5) is 0 Å². The number of rotatable bonds is 9. The van der Waals surface area contributed by atoms with Crippen LogP contribution in [0.25, 0.3) is 10.2 Å². The third-order valence-electron chi connectivity index (χ3n) is 4.06. The van der Waals surface area contributed by atoms with Crippen LogP contribution < -0.4 is 5.32 Å². The predicted molar refractivity (Wildman–Crippen MR) is 113 cm³/mol. The molecule has 0 radical (unpaired) electrons. The summed E-state index contributed by atoms with van der Waals surface area (Å²) in [6.07, 6.45) is 0.925. The Hall–Kier alpha value is -1.58. The number of thiazole rings is 1. The second kappa shape index (κ2) is 9.57. The lowest BCUT2D eigenvalue weighted by molar-refractivity contribution is -0.119. The summed E-state index contributed by atoms with van der Waals surface area (Å²) in [4.78, 5) is 16.6. The summed E-state index contributed by atoms with van der Waals surface area (Å²) < 4.78 is 4.30. The molecule has 3 rings (SSSR count). The lowest BCUT2D eigenvalue weighted by Crippen LogP contribution is -2.33. The number of amides is 1. The van der Waals surface area contributed by atoms with E-state index in [9.17, 15) is 4.79 Å². The molecule has 0 bridgehead atoms. The first-order valence-corrected chi connectivity index (χ1v) is 11.7. The summed E-state index contributed by atoms with van der Waals surface area (Å²) in [5, 5.41) is 12.4. The smallest absolute Gasteiger partial charge is 0.230 e. The van der Waals surface area contributed by atoms with Crippen LogP contribution in [0.2, 0.25) is 0 Å². The van der Waals surface area contributed by atoms with E-state index in [1.165, 1.54) is 16.5 Å². The molecule has 27 heavy (non-hydrogen) atoms. The Balaban J connectivity index is 1.60. The van der Waals surface area contributed by atoms with Gasteiger partial charge in [0, 0.05) is 12.6 Å². The molecular weight excluding hydrogens is 398 g/mol. The van der Waals surface area contributed by atoms with Gasteiger partial charge in [-0.3, -0.25) is 4.79 Å². The van der Waals surface area contributed by atoms with Crippen LogP contribution in [0, 0.1) is 0 Å². The molecule has 0 aliphatic heterocycles. The van der Waals surface area contributed by atoms with Gasteiger partial charge >= 0.3 is 0 Å². The maximum Gasteiger partial charge on any atom is 0.230 e. The van der Waals surface area contributed by atoms with Crippen molar-refractivity contribution in [2.75, 3.05) is 5.75 Å². The highest BCUT2D eigenvalue weighted by Crippen LogP contribution is 2.31. The van der Waals surface area contributed by atoms with Gasteiger partial charge in [-0.1, -0.05) is 42.6 Å². The zero-order valence-electron chi connectivity index (χ0n) is 15.6. The Kier molecular flexibility index (Phi) is 7.14. The number of carbonyl (C=O) groups excluding carboxylic acids is 1. The summed E-state index contributed by atoms with van der Waals surface area (Å²) in [5.74, 6) is 2.00. The van der Waals surface area contributed by atoms with Crippen LogP contribution in [-0.2, 0) is 17.1 Å². The fourth-order valence-electron chi connectivity index (χ4n) is 2.44. The Morgan fingerprint density at radius 2 is 2.07 bits per heavy atom. The topological polar surface area (TPSA) is 72.7 Å². The lowest BCUT2D eigenvalue weighted by Gasteiger charge is -2.11. The van der Waals surface area contributed by atoms with Crippen molar-refractivity contribution in [3.63, 3.8) is 0 Å². The minimum absolute atomic E-state index is 0.0328. The molecule has 2 aromatic heterocycles. The molecule has 1 N–H and O–H groups in total. The molecular formula is C18H23N5OS3. The van der Waals surface area contributed by atoms with Gasteiger partial charge < -0.3 is 9.88 Å². The number of carbonyl (C=O) groups is 1. The standard InChI is InChI=1S/C18H23N5OS3/c1-4-12(3)19-16(24)11-25-17-22-21-15(23(17)5-2)10-26-18-20-13-8-6-7-9-14(13)27-18/h6-9,12H,4-5,10-11H2,1-3H3,(H,19,24)/t12-/m0/s1. The van der Waals surface area contributed by atoms with Crippen LogP contribution >= 0.6 is 34.9 Å². The number of fused-ring (bicyclic) bond motifs is 1. The number of benzene rings is 1. The molecule has 0 fully saturated rings. The Morgan fingerprint density at radius 1 is 1.26 bits per heavy atom. The number of aromatic nitrogens is 4. The van der Waals surface area contributed by atoms with Crippen LogP contribution in [0.5, 0.6) is 0 Å². The summed E-state index contributed by atoms with van der Waals surface area (Å²) in [5.41, 5.74) is 1.03. The molecule has 0 saturated heterocycles. The maximum atomic E-state index is 12.0. The van der Waals surface area contributed by atoms with Gasteiger partial charge in [0.15, 0.2) is 9.50 Å². The average molecular weight is 422 g/mol. The molecule has 0 aliphatic rings. The number of para-hydroxylation sites is 1. The van der Waals surface area contributed by atoms with E-state index in [1.807, 2.05) is 25.1 Å². The molecule has 0 aliphatic carbocycles. The summed E-state index contributed by atoms with van der Waals surface area (Å²) >= 11 is 4.80. The maximum absolute atomic E-state index is 12.0.